The summed E-state index contributed by atoms with van der Waals surface area (Å²) in [6.07, 6.45) is 1.70. The molecular weight excluding hydrogens is 256 g/mol. The number of benzene rings is 1. The van der Waals surface area contributed by atoms with E-state index in [4.69, 9.17) is 9.88 Å². The lowest BCUT2D eigenvalue weighted by Crippen LogP contribution is -2.12. The average molecular weight is 268 g/mol. The van der Waals surface area contributed by atoms with E-state index in [0.717, 1.165) is 0 Å². The summed E-state index contributed by atoms with van der Waals surface area (Å²) in [5.41, 5.74) is 1.38. The Morgan fingerprint density at radius 3 is 2.56 bits per heavy atom. The number of primary sulfonamides is 1. The Morgan fingerprint density at radius 1 is 1.33 bits per heavy atom. The number of aromatic nitrogens is 3. The van der Waals surface area contributed by atoms with Crippen LogP contribution in [0, 0.1) is 0 Å². The largest absolute Gasteiger partial charge is 0.378 e. The Balaban J connectivity index is 2.28. The van der Waals surface area contributed by atoms with Crippen molar-refractivity contribution in [3.8, 4) is 5.69 Å². The summed E-state index contributed by atoms with van der Waals surface area (Å²) in [6, 6.07) is 6.04. The van der Waals surface area contributed by atoms with Crippen LogP contribution in [0.2, 0.25) is 0 Å². The maximum Gasteiger partial charge on any atom is 0.238 e. The maximum absolute atomic E-state index is 11.1. The molecule has 0 saturated carbocycles. The molecule has 0 radical (unpaired) electrons. The molecule has 18 heavy (non-hydrogen) atoms. The molecule has 96 valence electrons. The van der Waals surface area contributed by atoms with Crippen molar-refractivity contribution in [1.82, 2.24) is 15.0 Å². The van der Waals surface area contributed by atoms with E-state index in [0.29, 0.717) is 18.0 Å². The van der Waals surface area contributed by atoms with Crippen molar-refractivity contribution >= 4 is 10.0 Å². The van der Waals surface area contributed by atoms with E-state index in [2.05, 4.69) is 10.3 Å². The van der Waals surface area contributed by atoms with Crippen LogP contribution in [0.1, 0.15) is 5.69 Å². The van der Waals surface area contributed by atoms with Gasteiger partial charge in [-0.2, -0.15) is 0 Å². The van der Waals surface area contributed by atoms with Gasteiger partial charge >= 0.3 is 0 Å². The van der Waals surface area contributed by atoms with Crippen molar-refractivity contribution in [2.75, 3.05) is 7.11 Å². The molecule has 0 atom stereocenters. The Kier molecular flexibility index (Phi) is 3.41. The summed E-state index contributed by atoms with van der Waals surface area (Å²) in [6.45, 7) is 0.370. The summed E-state index contributed by atoms with van der Waals surface area (Å²) >= 11 is 0. The fourth-order valence-corrected chi connectivity index (χ4v) is 1.94. The molecule has 0 aliphatic heterocycles. The number of hydrogen-bond donors (Lipinski definition) is 1. The molecule has 0 spiro atoms. The summed E-state index contributed by atoms with van der Waals surface area (Å²) < 4.78 is 28.7. The number of nitrogens with zero attached hydrogens (tertiary/aromatic N) is 3. The van der Waals surface area contributed by atoms with Gasteiger partial charge in [-0.1, -0.05) is 5.21 Å². The molecule has 0 unspecified atom stereocenters. The van der Waals surface area contributed by atoms with Crippen molar-refractivity contribution in [2.24, 2.45) is 5.14 Å². The first-order valence-electron chi connectivity index (χ1n) is 5.04. The standard InChI is InChI=1S/C10H12N4O3S/c1-17-7-8-6-14(13-12-8)9-2-4-10(5-3-9)18(11,15)16/h2-6H,7H2,1H3,(H2,11,15,16). The normalized spacial score (nSPS) is 11.7. The highest BCUT2D eigenvalue weighted by atomic mass is 32.2. The van der Waals surface area contributed by atoms with Gasteiger partial charge in [0.25, 0.3) is 0 Å². The second-order valence-corrected chi connectivity index (χ2v) is 5.19. The van der Waals surface area contributed by atoms with Crippen molar-refractivity contribution < 1.29 is 13.2 Å². The molecule has 0 fully saturated rings. The van der Waals surface area contributed by atoms with Gasteiger partial charge in [-0.3, -0.25) is 0 Å². The molecular formula is C10H12N4O3S. The number of nitrogens with two attached hydrogens (primary N) is 1. The molecule has 2 rings (SSSR count). The van der Waals surface area contributed by atoms with Crippen LogP contribution in [-0.4, -0.2) is 30.5 Å². The van der Waals surface area contributed by atoms with Gasteiger partial charge < -0.3 is 4.74 Å². The van der Waals surface area contributed by atoms with Gasteiger partial charge in [0.1, 0.15) is 5.69 Å². The lowest BCUT2D eigenvalue weighted by atomic mass is 10.3. The van der Waals surface area contributed by atoms with Crippen LogP contribution >= 0.6 is 0 Å². The zero-order chi connectivity index (χ0) is 13.2. The van der Waals surface area contributed by atoms with Gasteiger partial charge in [-0.05, 0) is 24.3 Å². The van der Waals surface area contributed by atoms with Crippen LogP contribution < -0.4 is 5.14 Å². The van der Waals surface area contributed by atoms with Gasteiger partial charge in [0.15, 0.2) is 0 Å². The smallest absolute Gasteiger partial charge is 0.238 e. The molecule has 7 nitrogen and oxygen atoms in total. The van der Waals surface area contributed by atoms with Crippen molar-refractivity contribution in [3.63, 3.8) is 0 Å². The fourth-order valence-electron chi connectivity index (χ4n) is 1.43. The second kappa shape index (κ2) is 4.84. The summed E-state index contributed by atoms with van der Waals surface area (Å²) in [5, 5.41) is 12.8. The highest BCUT2D eigenvalue weighted by molar-refractivity contribution is 7.89. The minimum absolute atomic E-state index is 0.0588. The monoisotopic (exact) mass is 268 g/mol. The summed E-state index contributed by atoms with van der Waals surface area (Å²) in [7, 11) is -2.10. The van der Waals surface area contributed by atoms with E-state index in [1.54, 1.807) is 25.4 Å². The van der Waals surface area contributed by atoms with Gasteiger partial charge in [0, 0.05) is 7.11 Å². The van der Waals surface area contributed by atoms with E-state index < -0.39 is 10.0 Å². The van der Waals surface area contributed by atoms with Gasteiger partial charge in [-0.15, -0.1) is 5.10 Å². The number of methoxy groups -OCH3 is 1. The Hall–Kier alpha value is -1.77. The predicted molar refractivity (Wildman–Crippen MR) is 63.4 cm³/mol. The first kappa shape index (κ1) is 12.7. The van der Waals surface area contributed by atoms with Gasteiger partial charge in [0.05, 0.1) is 23.4 Å². The first-order chi connectivity index (χ1) is 8.50. The average Bonchev–Trinajstić information content (AvgIpc) is 2.77. The van der Waals surface area contributed by atoms with Crippen LogP contribution in [0.15, 0.2) is 35.4 Å². The van der Waals surface area contributed by atoms with E-state index in [1.165, 1.54) is 16.8 Å². The molecule has 8 heteroatoms. The SMILES string of the molecule is COCc1cn(-c2ccc(S(N)(=O)=O)cc2)nn1. The Bertz CT molecular complexity index is 633. The van der Waals surface area contributed by atoms with Crippen LogP contribution in [0.5, 0.6) is 0 Å². The molecule has 2 N–H and O–H groups in total. The van der Waals surface area contributed by atoms with Crippen LogP contribution in [-0.2, 0) is 21.4 Å². The minimum Gasteiger partial charge on any atom is -0.378 e. The minimum atomic E-state index is -3.67. The molecule has 0 aliphatic carbocycles. The van der Waals surface area contributed by atoms with E-state index in [9.17, 15) is 8.42 Å². The lowest BCUT2D eigenvalue weighted by Gasteiger charge is -2.01. The molecule has 0 amide bonds. The molecule has 1 aromatic carbocycles. The molecule has 0 saturated heterocycles. The third-order valence-electron chi connectivity index (χ3n) is 2.26. The summed E-state index contributed by atoms with van der Waals surface area (Å²) in [4.78, 5) is 0.0588. The number of sulfonamides is 1. The zero-order valence-corrected chi connectivity index (χ0v) is 10.5. The zero-order valence-electron chi connectivity index (χ0n) is 9.65. The van der Waals surface area contributed by atoms with E-state index in [1.807, 2.05) is 0 Å². The molecule has 1 aromatic heterocycles. The molecule has 1 heterocycles. The quantitative estimate of drug-likeness (QED) is 0.845. The van der Waals surface area contributed by atoms with E-state index >= 15 is 0 Å². The highest BCUT2D eigenvalue weighted by Gasteiger charge is 2.08. The number of hydrogen-bond acceptors (Lipinski definition) is 5. The number of rotatable bonds is 4. The van der Waals surface area contributed by atoms with Crippen molar-refractivity contribution in [1.29, 1.82) is 0 Å². The molecule has 2 aromatic rings. The second-order valence-electron chi connectivity index (χ2n) is 3.63. The van der Waals surface area contributed by atoms with Crippen LogP contribution in [0.25, 0.3) is 5.69 Å². The summed E-state index contributed by atoms with van der Waals surface area (Å²) in [5.74, 6) is 0. The Morgan fingerprint density at radius 2 is 2.00 bits per heavy atom. The van der Waals surface area contributed by atoms with Gasteiger partial charge in [-0.25, -0.2) is 18.2 Å². The van der Waals surface area contributed by atoms with Crippen molar-refractivity contribution in [3.05, 3.63) is 36.2 Å². The fraction of sp³-hybridized carbons (Fsp3) is 0.200. The van der Waals surface area contributed by atoms with E-state index in [-0.39, 0.29) is 4.90 Å². The molecule has 0 bridgehead atoms. The van der Waals surface area contributed by atoms with Crippen LogP contribution in [0.3, 0.4) is 0 Å². The predicted octanol–water partition coefficient (Wildman–Crippen LogP) is 0.0611. The number of ether oxygens (including phenoxy) is 1. The first-order valence-corrected chi connectivity index (χ1v) is 6.59. The maximum atomic E-state index is 11.1. The van der Waals surface area contributed by atoms with Crippen molar-refractivity contribution in [2.45, 2.75) is 11.5 Å². The third-order valence-corrected chi connectivity index (χ3v) is 3.19. The highest BCUT2D eigenvalue weighted by Crippen LogP contribution is 2.12. The molecule has 0 aliphatic rings. The Labute approximate surface area is 104 Å². The third kappa shape index (κ3) is 2.73. The lowest BCUT2D eigenvalue weighted by molar-refractivity contribution is 0.181. The van der Waals surface area contributed by atoms with Crippen LogP contribution in [0.4, 0.5) is 0 Å². The van der Waals surface area contributed by atoms with Gasteiger partial charge in [0.2, 0.25) is 10.0 Å². The topological polar surface area (TPSA) is 100 Å².